The number of hydrogen-bond acceptors (Lipinski definition) is 6. The van der Waals surface area contributed by atoms with Crippen LogP contribution >= 0.6 is 0 Å². The maximum Gasteiger partial charge on any atom is 0.277 e. The normalized spacial score (nSPS) is 10.5. The number of ether oxygens (including phenoxy) is 4. The molecule has 0 saturated carbocycles. The fourth-order valence-corrected chi connectivity index (χ4v) is 2.11. The van der Waals surface area contributed by atoms with Gasteiger partial charge in [-0.1, -0.05) is 0 Å². The van der Waals surface area contributed by atoms with E-state index in [9.17, 15) is 9.18 Å². The fraction of sp³-hybridized carbons (Fsp3) is 0.222. The second-order valence-electron chi connectivity index (χ2n) is 4.96. The minimum absolute atomic E-state index is 0.258. The number of rotatable bonds is 8. The van der Waals surface area contributed by atoms with Crippen molar-refractivity contribution in [3.8, 4) is 23.0 Å². The van der Waals surface area contributed by atoms with Gasteiger partial charge in [0, 0.05) is 5.56 Å². The number of carbonyl (C=O) groups excluding carboxylic acids is 1. The summed E-state index contributed by atoms with van der Waals surface area (Å²) in [6, 6.07) is 8.76. The van der Waals surface area contributed by atoms with Crippen LogP contribution in [0.1, 0.15) is 5.56 Å². The van der Waals surface area contributed by atoms with E-state index in [-0.39, 0.29) is 12.4 Å². The second-order valence-corrected chi connectivity index (χ2v) is 4.96. The summed E-state index contributed by atoms with van der Waals surface area (Å²) in [4.78, 5) is 11.8. The Morgan fingerprint density at radius 3 is 2.35 bits per heavy atom. The van der Waals surface area contributed by atoms with E-state index in [2.05, 4.69) is 10.5 Å². The molecule has 7 nitrogen and oxygen atoms in total. The Balaban J connectivity index is 1.97. The minimum Gasteiger partial charge on any atom is -0.493 e. The smallest absolute Gasteiger partial charge is 0.277 e. The SMILES string of the molecule is COc1ccc(C=NNC(=O)COc2ccc(F)cc2)c(OC)c1OC. The Kier molecular flexibility index (Phi) is 6.78. The monoisotopic (exact) mass is 362 g/mol. The van der Waals surface area contributed by atoms with Gasteiger partial charge in [0.05, 0.1) is 27.5 Å². The molecular formula is C18H19FN2O5. The number of hydrogen-bond donors (Lipinski definition) is 1. The number of nitrogens with one attached hydrogen (secondary N) is 1. The van der Waals surface area contributed by atoms with Gasteiger partial charge in [0.25, 0.3) is 5.91 Å². The van der Waals surface area contributed by atoms with Crippen LogP contribution in [-0.2, 0) is 4.79 Å². The lowest BCUT2D eigenvalue weighted by molar-refractivity contribution is -0.123. The van der Waals surface area contributed by atoms with Crippen LogP contribution in [0.3, 0.4) is 0 Å². The van der Waals surface area contributed by atoms with E-state index < -0.39 is 5.91 Å². The first-order valence-corrected chi connectivity index (χ1v) is 7.58. The molecule has 0 aromatic heterocycles. The molecule has 0 unspecified atom stereocenters. The zero-order valence-corrected chi connectivity index (χ0v) is 14.6. The van der Waals surface area contributed by atoms with Gasteiger partial charge in [0.15, 0.2) is 18.1 Å². The van der Waals surface area contributed by atoms with Gasteiger partial charge >= 0.3 is 0 Å². The van der Waals surface area contributed by atoms with Crippen LogP contribution in [0.5, 0.6) is 23.0 Å². The summed E-state index contributed by atoms with van der Waals surface area (Å²) in [6.45, 7) is -0.258. The topological polar surface area (TPSA) is 78.4 Å². The van der Waals surface area contributed by atoms with Crippen molar-refractivity contribution in [1.29, 1.82) is 0 Å². The third kappa shape index (κ3) is 4.85. The molecule has 138 valence electrons. The van der Waals surface area contributed by atoms with Crippen LogP contribution in [0.15, 0.2) is 41.5 Å². The van der Waals surface area contributed by atoms with E-state index in [4.69, 9.17) is 18.9 Å². The molecule has 0 fully saturated rings. The lowest BCUT2D eigenvalue weighted by Crippen LogP contribution is -2.24. The van der Waals surface area contributed by atoms with E-state index in [0.29, 0.717) is 28.6 Å². The number of hydrazone groups is 1. The Labute approximate surface area is 150 Å². The van der Waals surface area contributed by atoms with Crippen molar-refractivity contribution in [1.82, 2.24) is 5.43 Å². The van der Waals surface area contributed by atoms with Crippen molar-refractivity contribution in [2.24, 2.45) is 5.10 Å². The fourth-order valence-electron chi connectivity index (χ4n) is 2.11. The molecule has 0 aliphatic heterocycles. The molecule has 0 heterocycles. The van der Waals surface area contributed by atoms with Crippen molar-refractivity contribution in [2.45, 2.75) is 0 Å². The summed E-state index contributed by atoms with van der Waals surface area (Å²) in [7, 11) is 4.51. The lowest BCUT2D eigenvalue weighted by atomic mass is 10.2. The molecule has 0 aliphatic rings. The predicted molar refractivity (Wildman–Crippen MR) is 93.7 cm³/mol. The molecule has 0 aliphatic carbocycles. The van der Waals surface area contributed by atoms with Crippen molar-refractivity contribution in [3.63, 3.8) is 0 Å². The maximum atomic E-state index is 12.8. The van der Waals surface area contributed by atoms with E-state index in [1.807, 2.05) is 0 Å². The van der Waals surface area contributed by atoms with E-state index in [1.54, 1.807) is 12.1 Å². The van der Waals surface area contributed by atoms with Gasteiger partial charge < -0.3 is 18.9 Å². The number of benzene rings is 2. The maximum absolute atomic E-state index is 12.8. The van der Waals surface area contributed by atoms with Crippen molar-refractivity contribution >= 4 is 12.1 Å². The minimum atomic E-state index is -0.468. The third-order valence-electron chi connectivity index (χ3n) is 3.31. The zero-order valence-electron chi connectivity index (χ0n) is 14.6. The summed E-state index contributed by atoms with van der Waals surface area (Å²) in [5, 5.41) is 3.87. The third-order valence-corrected chi connectivity index (χ3v) is 3.31. The highest BCUT2D eigenvalue weighted by Crippen LogP contribution is 2.38. The molecule has 2 aromatic carbocycles. The summed E-state index contributed by atoms with van der Waals surface area (Å²) < 4.78 is 33.8. The number of halogens is 1. The van der Waals surface area contributed by atoms with Crippen LogP contribution in [0.2, 0.25) is 0 Å². The van der Waals surface area contributed by atoms with E-state index in [1.165, 1.54) is 51.8 Å². The molecule has 0 atom stereocenters. The standard InChI is InChI=1S/C18H19FN2O5/c1-23-15-9-4-12(17(24-2)18(15)25-3)10-20-21-16(22)11-26-14-7-5-13(19)6-8-14/h4-10H,11H2,1-3H3,(H,21,22). The summed E-state index contributed by atoms with van der Waals surface area (Å²) in [6.07, 6.45) is 1.41. The van der Waals surface area contributed by atoms with Crippen LogP contribution in [0.4, 0.5) is 4.39 Å². The Morgan fingerprint density at radius 2 is 1.73 bits per heavy atom. The van der Waals surface area contributed by atoms with Gasteiger partial charge in [0.2, 0.25) is 5.75 Å². The van der Waals surface area contributed by atoms with Gasteiger partial charge in [-0.05, 0) is 36.4 Å². The summed E-state index contributed by atoms with van der Waals surface area (Å²) in [5.41, 5.74) is 2.92. The van der Waals surface area contributed by atoms with Crippen molar-refractivity contribution in [2.75, 3.05) is 27.9 Å². The lowest BCUT2D eigenvalue weighted by Gasteiger charge is -2.13. The molecule has 0 saturated heterocycles. The Morgan fingerprint density at radius 1 is 1.04 bits per heavy atom. The Bertz CT molecular complexity index is 778. The molecule has 0 bridgehead atoms. The molecule has 1 amide bonds. The average Bonchev–Trinajstić information content (AvgIpc) is 2.66. The molecular weight excluding hydrogens is 343 g/mol. The van der Waals surface area contributed by atoms with Gasteiger partial charge in [-0.2, -0.15) is 5.10 Å². The first kappa shape index (κ1) is 19.0. The zero-order chi connectivity index (χ0) is 18.9. The van der Waals surface area contributed by atoms with E-state index in [0.717, 1.165) is 0 Å². The predicted octanol–water partition coefficient (Wildman–Crippen LogP) is 2.38. The highest BCUT2D eigenvalue weighted by atomic mass is 19.1. The quantitative estimate of drug-likeness (QED) is 0.576. The van der Waals surface area contributed by atoms with Crippen LogP contribution in [0, 0.1) is 5.82 Å². The second kappa shape index (κ2) is 9.26. The van der Waals surface area contributed by atoms with Crippen molar-refractivity contribution < 1.29 is 28.1 Å². The first-order chi connectivity index (χ1) is 12.6. The van der Waals surface area contributed by atoms with Crippen LogP contribution < -0.4 is 24.4 Å². The number of amides is 1. The van der Waals surface area contributed by atoms with Crippen LogP contribution in [0.25, 0.3) is 0 Å². The summed E-state index contributed by atoms with van der Waals surface area (Å²) in [5.74, 6) is 0.892. The molecule has 2 aromatic rings. The average molecular weight is 362 g/mol. The molecule has 1 N–H and O–H groups in total. The molecule has 8 heteroatoms. The largest absolute Gasteiger partial charge is 0.493 e. The van der Waals surface area contributed by atoms with E-state index >= 15 is 0 Å². The number of carbonyl (C=O) groups is 1. The van der Waals surface area contributed by atoms with Gasteiger partial charge in [0.1, 0.15) is 11.6 Å². The molecule has 26 heavy (non-hydrogen) atoms. The number of methoxy groups -OCH3 is 3. The summed E-state index contributed by atoms with van der Waals surface area (Å²) >= 11 is 0. The highest BCUT2D eigenvalue weighted by Gasteiger charge is 2.14. The van der Waals surface area contributed by atoms with Crippen molar-refractivity contribution in [3.05, 3.63) is 47.8 Å². The van der Waals surface area contributed by atoms with Gasteiger partial charge in [-0.15, -0.1) is 0 Å². The molecule has 0 radical (unpaired) electrons. The van der Waals surface area contributed by atoms with Gasteiger partial charge in [-0.3, -0.25) is 4.79 Å². The van der Waals surface area contributed by atoms with Gasteiger partial charge in [-0.25, -0.2) is 9.82 Å². The highest BCUT2D eigenvalue weighted by molar-refractivity contribution is 5.87. The van der Waals surface area contributed by atoms with Crippen LogP contribution in [-0.4, -0.2) is 40.1 Å². The number of nitrogens with zero attached hydrogens (tertiary/aromatic N) is 1. The first-order valence-electron chi connectivity index (χ1n) is 7.58. The molecule has 0 spiro atoms. The molecule has 2 rings (SSSR count). The Hall–Kier alpha value is -3.29.